The first-order valence-corrected chi connectivity index (χ1v) is 6.13. The molecule has 1 saturated heterocycles. The van der Waals surface area contributed by atoms with Crippen LogP contribution in [0.2, 0.25) is 0 Å². The Kier molecular flexibility index (Phi) is 6.07. The molecule has 1 heterocycles. The Bertz CT molecular complexity index is 347. The number of carboxylic acid groups (broad SMARTS) is 1. The van der Waals surface area contributed by atoms with E-state index in [0.29, 0.717) is 25.9 Å². The maximum Gasteiger partial charge on any atom is 0.332 e. The van der Waals surface area contributed by atoms with Crippen molar-refractivity contribution in [3.8, 4) is 0 Å². The standard InChI is InChI=1S/C11H19N3O5/c1-7(15)12-4-5-13-11(18)14-6-8-2-3-9(19-8)10(16)17/h8-9H,2-6H2,1H3,(H,12,15)(H,16,17)(H2,13,14,18). The van der Waals surface area contributed by atoms with Crippen LogP contribution in [0.4, 0.5) is 4.79 Å². The second-order valence-corrected chi connectivity index (χ2v) is 4.28. The van der Waals surface area contributed by atoms with Gasteiger partial charge >= 0.3 is 12.0 Å². The van der Waals surface area contributed by atoms with Gasteiger partial charge in [-0.15, -0.1) is 0 Å². The van der Waals surface area contributed by atoms with Crippen LogP contribution in [-0.4, -0.2) is 54.9 Å². The monoisotopic (exact) mass is 273 g/mol. The third kappa shape index (κ3) is 6.05. The summed E-state index contributed by atoms with van der Waals surface area (Å²) in [5, 5.41) is 16.4. The van der Waals surface area contributed by atoms with E-state index < -0.39 is 12.1 Å². The zero-order valence-electron chi connectivity index (χ0n) is 10.8. The molecule has 108 valence electrons. The number of carboxylic acids is 1. The van der Waals surface area contributed by atoms with Gasteiger partial charge in [0.15, 0.2) is 6.10 Å². The number of ether oxygens (including phenoxy) is 1. The lowest BCUT2D eigenvalue weighted by Crippen LogP contribution is -2.42. The predicted molar refractivity (Wildman–Crippen MR) is 65.6 cm³/mol. The summed E-state index contributed by atoms with van der Waals surface area (Å²) in [4.78, 5) is 32.6. The van der Waals surface area contributed by atoms with E-state index in [1.807, 2.05) is 0 Å². The van der Waals surface area contributed by atoms with E-state index >= 15 is 0 Å². The molecule has 1 aliphatic rings. The van der Waals surface area contributed by atoms with E-state index in [4.69, 9.17) is 9.84 Å². The fourth-order valence-corrected chi connectivity index (χ4v) is 1.72. The van der Waals surface area contributed by atoms with Crippen molar-refractivity contribution in [2.75, 3.05) is 19.6 Å². The summed E-state index contributed by atoms with van der Waals surface area (Å²) in [6, 6.07) is -0.368. The maximum atomic E-state index is 11.4. The molecular weight excluding hydrogens is 254 g/mol. The molecule has 8 nitrogen and oxygen atoms in total. The lowest BCUT2D eigenvalue weighted by Gasteiger charge is -2.13. The molecule has 0 spiro atoms. The zero-order valence-corrected chi connectivity index (χ0v) is 10.8. The minimum absolute atomic E-state index is 0.152. The van der Waals surface area contributed by atoms with Crippen molar-refractivity contribution in [3.63, 3.8) is 0 Å². The molecule has 2 atom stereocenters. The third-order valence-electron chi connectivity index (χ3n) is 2.66. The van der Waals surface area contributed by atoms with Gasteiger partial charge < -0.3 is 25.8 Å². The van der Waals surface area contributed by atoms with Crippen molar-refractivity contribution in [2.45, 2.75) is 32.0 Å². The summed E-state index contributed by atoms with van der Waals surface area (Å²) in [6.07, 6.45) is 0.0476. The molecule has 0 aromatic heterocycles. The smallest absolute Gasteiger partial charge is 0.332 e. The van der Waals surface area contributed by atoms with Crippen LogP contribution < -0.4 is 16.0 Å². The molecule has 2 unspecified atom stereocenters. The molecule has 0 aliphatic carbocycles. The molecule has 19 heavy (non-hydrogen) atoms. The van der Waals surface area contributed by atoms with Gasteiger partial charge in [0.05, 0.1) is 6.10 Å². The highest BCUT2D eigenvalue weighted by molar-refractivity contribution is 5.75. The first-order chi connectivity index (χ1) is 8.99. The molecule has 4 N–H and O–H groups in total. The highest BCUT2D eigenvalue weighted by Gasteiger charge is 2.30. The molecule has 0 aromatic carbocycles. The highest BCUT2D eigenvalue weighted by atomic mass is 16.5. The molecule has 0 aromatic rings. The highest BCUT2D eigenvalue weighted by Crippen LogP contribution is 2.18. The summed E-state index contributed by atoms with van der Waals surface area (Å²) in [6.45, 7) is 2.37. The van der Waals surface area contributed by atoms with Crippen LogP contribution in [0.15, 0.2) is 0 Å². The van der Waals surface area contributed by atoms with Gasteiger partial charge in [-0.2, -0.15) is 0 Å². The van der Waals surface area contributed by atoms with E-state index in [1.165, 1.54) is 6.92 Å². The molecule has 1 fully saturated rings. The summed E-state index contributed by atoms with van der Waals surface area (Å²) in [7, 11) is 0. The van der Waals surface area contributed by atoms with Gasteiger partial charge in [0.2, 0.25) is 5.91 Å². The number of aliphatic carboxylic acids is 1. The van der Waals surface area contributed by atoms with E-state index in [-0.39, 0.29) is 24.6 Å². The Hall–Kier alpha value is -1.83. The average molecular weight is 273 g/mol. The molecule has 0 bridgehead atoms. The topological polar surface area (TPSA) is 117 Å². The van der Waals surface area contributed by atoms with Crippen LogP contribution in [0, 0.1) is 0 Å². The number of carbonyl (C=O) groups excluding carboxylic acids is 2. The van der Waals surface area contributed by atoms with Gasteiger partial charge in [-0.25, -0.2) is 9.59 Å². The van der Waals surface area contributed by atoms with Crippen LogP contribution in [0.5, 0.6) is 0 Å². The fraction of sp³-hybridized carbons (Fsp3) is 0.727. The van der Waals surface area contributed by atoms with Gasteiger partial charge in [-0.1, -0.05) is 0 Å². The predicted octanol–water partition coefficient (Wildman–Crippen LogP) is -0.946. The Balaban J connectivity index is 2.07. The van der Waals surface area contributed by atoms with E-state index in [1.54, 1.807) is 0 Å². The van der Waals surface area contributed by atoms with Crippen LogP contribution in [0.25, 0.3) is 0 Å². The summed E-state index contributed by atoms with van der Waals surface area (Å²) < 4.78 is 5.23. The Morgan fingerprint density at radius 3 is 2.42 bits per heavy atom. The molecule has 1 rings (SSSR count). The number of rotatable bonds is 6. The largest absolute Gasteiger partial charge is 0.479 e. The van der Waals surface area contributed by atoms with E-state index in [0.717, 1.165) is 0 Å². The van der Waals surface area contributed by atoms with Crippen molar-refractivity contribution >= 4 is 17.9 Å². The average Bonchev–Trinajstić information content (AvgIpc) is 2.81. The van der Waals surface area contributed by atoms with Crippen LogP contribution in [0.3, 0.4) is 0 Å². The molecule has 3 amide bonds. The van der Waals surface area contributed by atoms with E-state index in [2.05, 4.69) is 16.0 Å². The van der Waals surface area contributed by atoms with Crippen LogP contribution in [0.1, 0.15) is 19.8 Å². The SMILES string of the molecule is CC(=O)NCCNC(=O)NCC1CCC(C(=O)O)O1. The molecular formula is C11H19N3O5. The zero-order chi connectivity index (χ0) is 14.3. The Morgan fingerprint density at radius 2 is 1.84 bits per heavy atom. The quantitative estimate of drug-likeness (QED) is 0.466. The number of nitrogens with one attached hydrogen (secondary N) is 3. The number of carbonyl (C=O) groups is 3. The first kappa shape index (κ1) is 15.2. The van der Waals surface area contributed by atoms with Gasteiger partial charge in [0.1, 0.15) is 0 Å². The lowest BCUT2D eigenvalue weighted by molar-refractivity contribution is -0.149. The van der Waals surface area contributed by atoms with Gasteiger partial charge in [0, 0.05) is 26.6 Å². The molecule has 0 radical (unpaired) electrons. The van der Waals surface area contributed by atoms with Crippen molar-refractivity contribution < 1.29 is 24.2 Å². The summed E-state index contributed by atoms with van der Waals surface area (Å²) in [5.74, 6) is -1.12. The minimum atomic E-state index is -0.970. The first-order valence-electron chi connectivity index (χ1n) is 6.13. The van der Waals surface area contributed by atoms with Crippen molar-refractivity contribution in [1.82, 2.24) is 16.0 Å². The minimum Gasteiger partial charge on any atom is -0.479 e. The fourth-order valence-electron chi connectivity index (χ4n) is 1.72. The number of hydrogen-bond acceptors (Lipinski definition) is 4. The summed E-state index contributed by atoms with van der Waals surface area (Å²) >= 11 is 0. The Labute approximate surface area is 110 Å². The maximum absolute atomic E-state index is 11.4. The van der Waals surface area contributed by atoms with Gasteiger partial charge in [-0.05, 0) is 12.8 Å². The van der Waals surface area contributed by atoms with Crippen molar-refractivity contribution in [1.29, 1.82) is 0 Å². The summed E-state index contributed by atoms with van der Waals surface area (Å²) in [5.41, 5.74) is 0. The van der Waals surface area contributed by atoms with Gasteiger partial charge in [0.25, 0.3) is 0 Å². The molecule has 1 aliphatic heterocycles. The second-order valence-electron chi connectivity index (χ2n) is 4.28. The normalized spacial score (nSPS) is 21.7. The Morgan fingerprint density at radius 1 is 1.16 bits per heavy atom. The van der Waals surface area contributed by atoms with Crippen LogP contribution in [-0.2, 0) is 14.3 Å². The molecule has 0 saturated carbocycles. The van der Waals surface area contributed by atoms with Gasteiger partial charge in [-0.3, -0.25) is 4.79 Å². The second kappa shape index (κ2) is 7.57. The molecule has 8 heteroatoms. The number of urea groups is 1. The third-order valence-corrected chi connectivity index (χ3v) is 2.66. The number of hydrogen-bond donors (Lipinski definition) is 4. The number of amides is 3. The van der Waals surface area contributed by atoms with E-state index in [9.17, 15) is 14.4 Å². The van der Waals surface area contributed by atoms with Crippen molar-refractivity contribution in [2.24, 2.45) is 0 Å². The van der Waals surface area contributed by atoms with Crippen molar-refractivity contribution in [3.05, 3.63) is 0 Å². The lowest BCUT2D eigenvalue weighted by atomic mass is 10.2. The van der Waals surface area contributed by atoms with Crippen LogP contribution >= 0.6 is 0 Å².